The van der Waals surface area contributed by atoms with Crippen molar-refractivity contribution in [3.63, 3.8) is 0 Å². The topological polar surface area (TPSA) is 114 Å². The van der Waals surface area contributed by atoms with Crippen molar-refractivity contribution >= 4 is 91.7 Å². The van der Waals surface area contributed by atoms with Gasteiger partial charge in [0.25, 0.3) is 11.8 Å². The molecule has 3 N–H and O–H groups in total. The molecule has 5 rings (SSSR count). The largest absolute Gasteiger partial charge is 0.490 e. The number of benzene rings is 4. The second kappa shape index (κ2) is 15.9. The molecule has 0 aliphatic carbocycles. The van der Waals surface area contributed by atoms with Crippen LogP contribution < -0.4 is 25.5 Å². The summed E-state index contributed by atoms with van der Waals surface area (Å²) in [4.78, 5) is 29.9. The van der Waals surface area contributed by atoms with Crippen molar-refractivity contribution in [1.29, 1.82) is 0 Å². The number of carbonyl (C=O) groups excluding carboxylic acids is 2. The number of carbonyl (C=O) groups is 2. The fraction of sp³-hybridized carbons (Fsp3) is 0.0909. The molecule has 5 aromatic rings. The molecule has 0 saturated carbocycles. The summed E-state index contributed by atoms with van der Waals surface area (Å²) < 4.78 is 12.3. The molecule has 0 spiro atoms. The number of nitrogens with one attached hydrogen (secondary N) is 3. The van der Waals surface area contributed by atoms with E-state index in [-0.39, 0.29) is 18.4 Å². The molecule has 13 heteroatoms. The summed E-state index contributed by atoms with van der Waals surface area (Å²) in [5.41, 5.74) is 6.72. The first-order valence-corrected chi connectivity index (χ1v) is 16.6. The first kappa shape index (κ1) is 33.2. The van der Waals surface area contributed by atoms with Crippen LogP contribution in [0.5, 0.6) is 11.5 Å². The van der Waals surface area contributed by atoms with Crippen molar-refractivity contribution < 1.29 is 19.1 Å². The Morgan fingerprint density at radius 3 is 2.50 bits per heavy atom. The Labute approximate surface area is 293 Å². The van der Waals surface area contributed by atoms with E-state index >= 15 is 0 Å². The van der Waals surface area contributed by atoms with Crippen LogP contribution in [-0.2, 0) is 4.79 Å². The van der Waals surface area contributed by atoms with Crippen LogP contribution in [0.25, 0.3) is 11.3 Å². The quantitative estimate of drug-likeness (QED) is 0.0663. The zero-order valence-corrected chi connectivity index (χ0v) is 28.7. The number of rotatable bonds is 12. The van der Waals surface area contributed by atoms with Gasteiger partial charge in [-0.3, -0.25) is 9.59 Å². The van der Waals surface area contributed by atoms with Crippen LogP contribution in [0.2, 0.25) is 10.0 Å². The first-order valence-electron chi connectivity index (χ1n) is 13.8. The molecule has 234 valence electrons. The SMILES string of the molecule is CCOc1cc(/C=N\NC(=O)c2ccc(-c3csc(Nc4ccc(Cl)cc4)n3)cc2)cc(I)c1OCC(=O)Nc1ccccc1Cl. The molecule has 0 aliphatic rings. The minimum Gasteiger partial charge on any atom is -0.490 e. The summed E-state index contributed by atoms with van der Waals surface area (Å²) in [6.07, 6.45) is 1.51. The number of nitrogens with zero attached hydrogens (tertiary/aromatic N) is 2. The first-order chi connectivity index (χ1) is 22.3. The highest BCUT2D eigenvalue weighted by Gasteiger charge is 2.15. The molecule has 46 heavy (non-hydrogen) atoms. The van der Waals surface area contributed by atoms with Gasteiger partial charge in [0.2, 0.25) is 0 Å². The smallest absolute Gasteiger partial charge is 0.271 e. The maximum Gasteiger partial charge on any atom is 0.271 e. The Balaban J connectivity index is 1.17. The van der Waals surface area contributed by atoms with Crippen molar-refractivity contribution in [2.45, 2.75) is 6.92 Å². The van der Waals surface area contributed by atoms with Gasteiger partial charge in [-0.2, -0.15) is 5.10 Å². The van der Waals surface area contributed by atoms with E-state index in [9.17, 15) is 9.59 Å². The van der Waals surface area contributed by atoms with E-state index in [0.29, 0.717) is 48.5 Å². The molecule has 0 radical (unpaired) electrons. The van der Waals surface area contributed by atoms with Crippen LogP contribution in [0.1, 0.15) is 22.8 Å². The van der Waals surface area contributed by atoms with Crippen LogP contribution in [-0.4, -0.2) is 36.2 Å². The number of hydrogen-bond donors (Lipinski definition) is 3. The molecule has 0 aliphatic heterocycles. The zero-order chi connectivity index (χ0) is 32.5. The Hall–Kier alpha value is -4.17. The molecule has 1 heterocycles. The Morgan fingerprint density at radius 2 is 1.76 bits per heavy atom. The number of anilines is 3. The van der Waals surface area contributed by atoms with Crippen molar-refractivity contribution in [2.24, 2.45) is 5.10 Å². The van der Waals surface area contributed by atoms with Gasteiger partial charge in [0.1, 0.15) is 0 Å². The Bertz CT molecular complexity index is 1870. The van der Waals surface area contributed by atoms with Crippen LogP contribution in [0.4, 0.5) is 16.5 Å². The summed E-state index contributed by atoms with van der Waals surface area (Å²) in [5, 5.41) is 13.9. The summed E-state index contributed by atoms with van der Waals surface area (Å²) in [5.74, 6) is 0.133. The van der Waals surface area contributed by atoms with E-state index in [1.165, 1.54) is 17.6 Å². The van der Waals surface area contributed by atoms with E-state index in [0.717, 1.165) is 22.1 Å². The number of hydrazone groups is 1. The van der Waals surface area contributed by atoms with Gasteiger partial charge in [-0.1, -0.05) is 47.5 Å². The minimum absolute atomic E-state index is 0.243. The molecular formula is C33H26Cl2IN5O4S. The number of para-hydroxylation sites is 1. The Kier molecular flexibility index (Phi) is 11.5. The summed E-state index contributed by atoms with van der Waals surface area (Å²) >= 11 is 15.7. The van der Waals surface area contributed by atoms with Crippen molar-refractivity contribution in [3.8, 4) is 22.8 Å². The number of halogens is 3. The summed E-state index contributed by atoms with van der Waals surface area (Å²) in [7, 11) is 0. The monoisotopic (exact) mass is 785 g/mol. The van der Waals surface area contributed by atoms with Gasteiger partial charge in [-0.15, -0.1) is 11.3 Å². The molecule has 1 aromatic heterocycles. The molecule has 4 aromatic carbocycles. The van der Waals surface area contributed by atoms with E-state index in [1.807, 2.05) is 48.7 Å². The zero-order valence-electron chi connectivity index (χ0n) is 24.2. The highest BCUT2D eigenvalue weighted by Crippen LogP contribution is 2.34. The highest BCUT2D eigenvalue weighted by atomic mass is 127. The third-order valence-corrected chi connectivity index (χ3v) is 8.39. The fourth-order valence-electron chi connectivity index (χ4n) is 4.09. The summed E-state index contributed by atoms with van der Waals surface area (Å²) in [6.45, 7) is 1.98. The number of ether oxygens (including phenoxy) is 2. The van der Waals surface area contributed by atoms with Crippen LogP contribution in [0.15, 0.2) is 95.4 Å². The molecule has 0 bridgehead atoms. The molecular weight excluding hydrogens is 760 g/mol. The molecule has 0 saturated heterocycles. The number of amides is 2. The normalized spacial score (nSPS) is 10.9. The second-order valence-corrected chi connectivity index (χ2v) is 12.4. The third kappa shape index (κ3) is 8.97. The molecule has 2 amide bonds. The average molecular weight is 786 g/mol. The fourth-order valence-corrected chi connectivity index (χ4v) is 5.92. The molecule has 0 unspecified atom stereocenters. The van der Waals surface area contributed by atoms with Crippen molar-refractivity contribution in [3.05, 3.63) is 115 Å². The minimum atomic E-state index is -0.366. The average Bonchev–Trinajstić information content (AvgIpc) is 3.51. The van der Waals surface area contributed by atoms with Gasteiger partial charge < -0.3 is 20.1 Å². The lowest BCUT2D eigenvalue weighted by atomic mass is 10.1. The molecule has 0 fully saturated rings. The molecule has 9 nitrogen and oxygen atoms in total. The lowest BCUT2D eigenvalue weighted by Gasteiger charge is -2.15. The predicted molar refractivity (Wildman–Crippen MR) is 193 cm³/mol. The lowest BCUT2D eigenvalue weighted by Crippen LogP contribution is -2.21. The maximum atomic E-state index is 12.8. The standard InChI is InChI=1S/C33H26Cl2IN5O4S/c1-2-44-29-16-20(15-26(36)31(29)45-18-30(42)39-27-6-4-3-5-25(27)35)17-37-41-32(43)22-9-7-21(8-10-22)28-19-46-33(40-28)38-24-13-11-23(34)12-14-24/h3-17,19H,2,18H2,1H3,(H,38,40)(H,39,42)(H,41,43)/b37-17-. The predicted octanol–water partition coefficient (Wildman–Crippen LogP) is 8.65. The second-order valence-electron chi connectivity index (χ2n) is 9.53. The number of hydrogen-bond acceptors (Lipinski definition) is 8. The van der Waals surface area contributed by atoms with Gasteiger partial charge in [0, 0.05) is 27.2 Å². The number of thiazole rings is 1. The van der Waals surface area contributed by atoms with Crippen LogP contribution >= 0.6 is 57.1 Å². The van der Waals surface area contributed by atoms with E-state index < -0.39 is 0 Å². The number of aromatic nitrogens is 1. The molecule has 0 atom stereocenters. The van der Waals surface area contributed by atoms with E-state index in [2.05, 4.69) is 48.7 Å². The van der Waals surface area contributed by atoms with Crippen LogP contribution in [0.3, 0.4) is 0 Å². The highest BCUT2D eigenvalue weighted by molar-refractivity contribution is 14.1. The van der Waals surface area contributed by atoms with Gasteiger partial charge in [-0.05, 0) is 95.7 Å². The van der Waals surface area contributed by atoms with Gasteiger partial charge >= 0.3 is 0 Å². The maximum absolute atomic E-state index is 12.8. The van der Waals surface area contributed by atoms with E-state index in [1.54, 1.807) is 48.5 Å². The lowest BCUT2D eigenvalue weighted by molar-refractivity contribution is -0.118. The van der Waals surface area contributed by atoms with Crippen LogP contribution in [0, 0.1) is 3.57 Å². The Morgan fingerprint density at radius 1 is 1.00 bits per heavy atom. The third-order valence-electron chi connectivity index (χ3n) is 6.25. The van der Waals surface area contributed by atoms with Gasteiger partial charge in [-0.25, -0.2) is 10.4 Å². The van der Waals surface area contributed by atoms with E-state index in [4.69, 9.17) is 32.7 Å². The summed E-state index contributed by atoms with van der Waals surface area (Å²) in [6, 6.07) is 25.0. The van der Waals surface area contributed by atoms with Gasteiger partial charge in [0.15, 0.2) is 23.2 Å². The van der Waals surface area contributed by atoms with Crippen molar-refractivity contribution in [2.75, 3.05) is 23.8 Å². The van der Waals surface area contributed by atoms with Gasteiger partial charge in [0.05, 0.1) is 32.8 Å². The van der Waals surface area contributed by atoms with Crippen molar-refractivity contribution in [1.82, 2.24) is 10.4 Å².